The molecule has 0 radical (unpaired) electrons. The topological polar surface area (TPSA) is 46.5 Å². The fourth-order valence-electron chi connectivity index (χ4n) is 4.90. The Morgan fingerprint density at radius 3 is 2.32 bits per heavy atom. The van der Waals surface area contributed by atoms with Gasteiger partial charge in [0.1, 0.15) is 5.78 Å². The highest BCUT2D eigenvalue weighted by Crippen LogP contribution is 2.49. The summed E-state index contributed by atoms with van der Waals surface area (Å²) in [4.78, 5) is 31.2. The van der Waals surface area contributed by atoms with Crippen LogP contribution in [0.15, 0.2) is 59.1 Å². The minimum absolute atomic E-state index is 0.0321. The molecule has 1 unspecified atom stereocenters. The third-order valence-electron chi connectivity index (χ3n) is 6.35. The van der Waals surface area contributed by atoms with E-state index >= 15 is 0 Å². The van der Waals surface area contributed by atoms with Crippen LogP contribution in [0.3, 0.4) is 0 Å². The second-order valence-corrected chi connectivity index (χ2v) is 8.34. The van der Waals surface area contributed by atoms with Crippen LogP contribution in [0.2, 0.25) is 0 Å². The summed E-state index contributed by atoms with van der Waals surface area (Å²) in [5, 5.41) is 0. The van der Waals surface area contributed by atoms with Crippen molar-refractivity contribution >= 4 is 23.0 Å². The fraction of sp³-hybridized carbons (Fsp3) is 0.320. The van der Waals surface area contributed by atoms with E-state index in [0.29, 0.717) is 23.5 Å². The molecule has 2 aromatic rings. The van der Waals surface area contributed by atoms with Crippen LogP contribution in [0, 0.1) is 5.92 Å². The maximum absolute atomic E-state index is 13.3. The summed E-state index contributed by atoms with van der Waals surface area (Å²) in [5.41, 5.74) is 6.39. The highest BCUT2D eigenvalue weighted by Gasteiger charge is 2.46. The number of fused-ring (bicyclic) bond motifs is 3. The molecule has 0 aromatic heterocycles. The number of allylic oxidation sites excluding steroid dienone is 1. The lowest BCUT2D eigenvalue weighted by Gasteiger charge is -2.35. The Balaban J connectivity index is 1.70. The van der Waals surface area contributed by atoms with Gasteiger partial charge in [0.2, 0.25) is 0 Å². The highest BCUT2D eigenvalue weighted by molar-refractivity contribution is 6.25. The molecule has 3 heteroatoms. The van der Waals surface area contributed by atoms with Gasteiger partial charge in [-0.05, 0) is 29.9 Å². The Labute approximate surface area is 165 Å². The quantitative estimate of drug-likeness (QED) is 0.719. The van der Waals surface area contributed by atoms with Gasteiger partial charge in [-0.3, -0.25) is 14.6 Å². The second-order valence-electron chi connectivity index (χ2n) is 8.34. The molecule has 1 fully saturated rings. The molecule has 0 bridgehead atoms. The molecular weight excluding hydrogens is 346 g/mol. The lowest BCUT2D eigenvalue weighted by Crippen LogP contribution is -2.37. The van der Waals surface area contributed by atoms with E-state index in [1.54, 1.807) is 0 Å². The summed E-state index contributed by atoms with van der Waals surface area (Å²) >= 11 is 0. The molecule has 1 heterocycles. The third kappa shape index (κ3) is 2.46. The van der Waals surface area contributed by atoms with Crippen molar-refractivity contribution in [1.29, 1.82) is 0 Å². The molecule has 3 aliphatic rings. The van der Waals surface area contributed by atoms with Crippen molar-refractivity contribution in [1.82, 2.24) is 0 Å². The molecular formula is C25H23NO2. The Kier molecular flexibility index (Phi) is 3.94. The number of aliphatic imine (C=N–C) groups is 1. The number of hydrogen-bond donors (Lipinski definition) is 0. The van der Waals surface area contributed by atoms with Crippen LogP contribution in [-0.4, -0.2) is 17.3 Å². The zero-order valence-corrected chi connectivity index (χ0v) is 16.2. The van der Waals surface area contributed by atoms with Crippen LogP contribution in [0.4, 0.5) is 0 Å². The van der Waals surface area contributed by atoms with Gasteiger partial charge in [0.25, 0.3) is 0 Å². The van der Waals surface area contributed by atoms with Crippen molar-refractivity contribution in [2.24, 2.45) is 10.9 Å². The molecule has 2 aromatic carbocycles. The summed E-state index contributed by atoms with van der Waals surface area (Å²) < 4.78 is 0. The van der Waals surface area contributed by atoms with Crippen LogP contribution in [-0.2, 0) is 4.79 Å². The first-order valence-electron chi connectivity index (χ1n) is 10.1. The summed E-state index contributed by atoms with van der Waals surface area (Å²) in [6, 6.07) is 16.2. The fourth-order valence-corrected chi connectivity index (χ4v) is 4.90. The molecule has 3 nitrogen and oxygen atoms in total. The van der Waals surface area contributed by atoms with E-state index in [1.807, 2.05) is 24.3 Å². The van der Waals surface area contributed by atoms with Crippen molar-refractivity contribution in [3.05, 3.63) is 76.4 Å². The molecule has 2 aliphatic carbocycles. The first-order valence-corrected chi connectivity index (χ1v) is 10.1. The number of carbonyl (C=O) groups is 2. The predicted octanol–water partition coefficient (Wildman–Crippen LogP) is 5.33. The maximum atomic E-state index is 13.3. The van der Waals surface area contributed by atoms with E-state index in [0.717, 1.165) is 35.4 Å². The molecule has 0 saturated heterocycles. The van der Waals surface area contributed by atoms with Crippen molar-refractivity contribution in [2.75, 3.05) is 0 Å². The largest absolute Gasteiger partial charge is 0.299 e. The van der Waals surface area contributed by atoms with Gasteiger partial charge in [0.05, 0.1) is 11.6 Å². The van der Waals surface area contributed by atoms with Crippen molar-refractivity contribution in [3.8, 4) is 0 Å². The summed E-state index contributed by atoms with van der Waals surface area (Å²) in [6.07, 6.45) is 2.27. The second kappa shape index (κ2) is 6.37. The number of carbonyl (C=O) groups excluding carboxylic acids is 2. The Morgan fingerprint density at radius 2 is 1.61 bits per heavy atom. The zero-order valence-electron chi connectivity index (χ0n) is 16.2. The van der Waals surface area contributed by atoms with E-state index in [2.05, 4.69) is 38.1 Å². The Bertz CT molecular complexity index is 1060. The van der Waals surface area contributed by atoms with Gasteiger partial charge in [-0.25, -0.2) is 0 Å². The number of nitrogens with zero attached hydrogens (tertiary/aromatic N) is 1. The predicted molar refractivity (Wildman–Crippen MR) is 111 cm³/mol. The van der Waals surface area contributed by atoms with Gasteiger partial charge in [0, 0.05) is 34.8 Å². The number of rotatable bonds is 2. The van der Waals surface area contributed by atoms with Crippen molar-refractivity contribution < 1.29 is 9.59 Å². The van der Waals surface area contributed by atoms with Gasteiger partial charge >= 0.3 is 0 Å². The van der Waals surface area contributed by atoms with Crippen molar-refractivity contribution in [2.45, 2.75) is 44.9 Å². The molecule has 0 amide bonds. The smallest absolute Gasteiger partial charge is 0.192 e. The number of benzene rings is 2. The number of hydrogen-bond acceptors (Lipinski definition) is 3. The van der Waals surface area contributed by atoms with Crippen LogP contribution in [0.1, 0.15) is 72.0 Å². The molecule has 5 rings (SSSR count). The number of Topliss-reactive ketones (excluding diaryl/α,β-unsaturated/α-hetero) is 2. The Morgan fingerprint density at radius 1 is 0.893 bits per heavy atom. The van der Waals surface area contributed by atoms with Gasteiger partial charge in [-0.2, -0.15) is 0 Å². The van der Waals surface area contributed by atoms with Gasteiger partial charge in [-0.15, -0.1) is 0 Å². The van der Waals surface area contributed by atoms with Crippen molar-refractivity contribution in [3.63, 3.8) is 0 Å². The minimum Gasteiger partial charge on any atom is -0.299 e. The molecule has 0 N–H and O–H groups in total. The number of ketones is 2. The van der Waals surface area contributed by atoms with E-state index < -0.39 is 0 Å². The average molecular weight is 369 g/mol. The van der Waals surface area contributed by atoms with E-state index in [1.165, 1.54) is 5.56 Å². The maximum Gasteiger partial charge on any atom is 0.192 e. The zero-order chi connectivity index (χ0) is 19.4. The molecule has 140 valence electrons. The van der Waals surface area contributed by atoms with Crippen LogP contribution >= 0.6 is 0 Å². The van der Waals surface area contributed by atoms with E-state index in [9.17, 15) is 9.59 Å². The first kappa shape index (κ1) is 17.3. The SMILES string of the molecule is CC(C)c1ccc([C@@H]2C3=C(N=C4CCCC(=O)C42)c2ccccc2C3=O)cc1. The molecule has 1 aliphatic heterocycles. The lowest BCUT2D eigenvalue weighted by atomic mass is 9.69. The van der Waals surface area contributed by atoms with Gasteiger partial charge in [0.15, 0.2) is 5.78 Å². The molecule has 0 spiro atoms. The standard InChI is InChI=1S/C25H23NO2/c1-14(2)15-10-12-16(13-11-15)21-22-19(8-5-9-20(22)27)26-24-17-6-3-4-7-18(17)25(28)23(21)24/h3-4,6-7,10-14,21-22H,5,8-9H2,1-2H3/t21-,22?/m0/s1. The van der Waals surface area contributed by atoms with E-state index in [-0.39, 0.29) is 23.4 Å². The van der Waals surface area contributed by atoms with Crippen LogP contribution in [0.5, 0.6) is 0 Å². The molecule has 28 heavy (non-hydrogen) atoms. The normalized spacial score (nSPS) is 23.5. The average Bonchev–Trinajstić information content (AvgIpc) is 2.99. The van der Waals surface area contributed by atoms with Gasteiger partial charge in [-0.1, -0.05) is 62.4 Å². The Hall–Kier alpha value is -2.81. The van der Waals surface area contributed by atoms with E-state index in [4.69, 9.17) is 4.99 Å². The molecule has 2 atom stereocenters. The summed E-state index contributed by atoms with van der Waals surface area (Å²) in [7, 11) is 0. The highest BCUT2D eigenvalue weighted by atomic mass is 16.1. The first-order chi connectivity index (χ1) is 13.6. The minimum atomic E-state index is -0.296. The van der Waals surface area contributed by atoms with Gasteiger partial charge < -0.3 is 0 Å². The monoisotopic (exact) mass is 369 g/mol. The summed E-state index contributed by atoms with van der Waals surface area (Å²) in [5.74, 6) is 0.177. The van der Waals surface area contributed by atoms with Crippen LogP contribution < -0.4 is 0 Å². The molecule has 1 saturated carbocycles. The lowest BCUT2D eigenvalue weighted by molar-refractivity contribution is -0.121. The third-order valence-corrected chi connectivity index (χ3v) is 6.35. The van der Waals surface area contributed by atoms with Crippen LogP contribution in [0.25, 0.3) is 5.70 Å². The summed E-state index contributed by atoms with van der Waals surface area (Å²) in [6.45, 7) is 4.34.